The molecule has 0 bridgehead atoms. The van der Waals surface area contributed by atoms with Crippen molar-refractivity contribution in [1.82, 2.24) is 34.7 Å². The van der Waals surface area contributed by atoms with E-state index in [9.17, 15) is 4.79 Å². The number of halogens is 1. The molecule has 0 unspecified atom stereocenters. The molecule has 6 rings (SSSR count). The maximum atomic E-state index is 12.7. The molecular weight excluding hydrogens is 440 g/mol. The molecular formula is C23H15ClN8O. The minimum atomic E-state index is -0.285. The number of carbonyl (C=O) groups is 1. The van der Waals surface area contributed by atoms with Crippen LogP contribution in [0.25, 0.3) is 33.2 Å². The van der Waals surface area contributed by atoms with E-state index in [4.69, 9.17) is 11.6 Å². The van der Waals surface area contributed by atoms with Crippen LogP contribution in [0.1, 0.15) is 10.5 Å². The molecule has 3 N–H and O–H groups in total. The highest BCUT2D eigenvalue weighted by Gasteiger charge is 2.15. The van der Waals surface area contributed by atoms with E-state index in [2.05, 4.69) is 35.5 Å². The van der Waals surface area contributed by atoms with Gasteiger partial charge in [-0.3, -0.25) is 14.5 Å². The number of hydrogen-bond donors (Lipinski definition) is 3. The Labute approximate surface area is 191 Å². The van der Waals surface area contributed by atoms with Crippen LogP contribution in [0, 0.1) is 0 Å². The molecule has 0 radical (unpaired) electrons. The number of fused-ring (bicyclic) bond motifs is 2. The van der Waals surface area contributed by atoms with Crippen LogP contribution in [0.15, 0.2) is 73.4 Å². The molecule has 160 valence electrons. The summed E-state index contributed by atoms with van der Waals surface area (Å²) in [5, 5.41) is 12.4. The quantitative estimate of drug-likeness (QED) is 0.353. The van der Waals surface area contributed by atoms with Gasteiger partial charge in [0, 0.05) is 33.7 Å². The number of nitrogens with one attached hydrogen (secondary N) is 3. The number of hydrogen-bond acceptors (Lipinski definition) is 6. The Morgan fingerprint density at radius 1 is 1.00 bits per heavy atom. The second kappa shape index (κ2) is 7.57. The number of imidazole rings is 1. The Bertz CT molecular complexity index is 1650. The number of aromatic amines is 2. The van der Waals surface area contributed by atoms with Crippen LogP contribution in [-0.2, 0) is 0 Å². The Balaban J connectivity index is 1.30. The Morgan fingerprint density at radius 2 is 1.94 bits per heavy atom. The molecule has 0 atom stereocenters. The van der Waals surface area contributed by atoms with Crippen molar-refractivity contribution in [3.05, 3.63) is 84.3 Å². The fourth-order valence-electron chi connectivity index (χ4n) is 3.68. The number of nitrogens with zero attached hydrogens (tertiary/aromatic N) is 5. The van der Waals surface area contributed by atoms with E-state index in [-0.39, 0.29) is 11.1 Å². The van der Waals surface area contributed by atoms with Gasteiger partial charge in [-0.25, -0.2) is 15.0 Å². The van der Waals surface area contributed by atoms with Gasteiger partial charge in [0.15, 0.2) is 5.82 Å². The SMILES string of the molecule is O=C(c1cc2ccc(-c3nccc(Nc4ccc5[nH]ncc5c4)n3)cc2[nH]1)n1cncc1Cl. The Morgan fingerprint density at radius 3 is 2.82 bits per heavy atom. The predicted molar refractivity (Wildman–Crippen MR) is 126 cm³/mol. The van der Waals surface area contributed by atoms with E-state index < -0.39 is 0 Å². The van der Waals surface area contributed by atoms with Crippen molar-refractivity contribution in [2.45, 2.75) is 0 Å². The molecule has 6 aromatic rings. The minimum absolute atomic E-state index is 0.254. The number of rotatable bonds is 4. The molecule has 0 fully saturated rings. The lowest BCUT2D eigenvalue weighted by Crippen LogP contribution is -2.11. The van der Waals surface area contributed by atoms with Crippen LogP contribution >= 0.6 is 11.6 Å². The monoisotopic (exact) mass is 454 g/mol. The summed E-state index contributed by atoms with van der Waals surface area (Å²) in [6.07, 6.45) is 6.29. The van der Waals surface area contributed by atoms with Gasteiger partial charge in [-0.15, -0.1) is 0 Å². The van der Waals surface area contributed by atoms with Crippen molar-refractivity contribution in [3.8, 4) is 11.4 Å². The van der Waals surface area contributed by atoms with E-state index in [0.29, 0.717) is 17.3 Å². The summed E-state index contributed by atoms with van der Waals surface area (Å²) >= 11 is 6.02. The first-order chi connectivity index (χ1) is 16.1. The van der Waals surface area contributed by atoms with Gasteiger partial charge in [0.05, 0.1) is 17.9 Å². The second-order valence-electron chi connectivity index (χ2n) is 7.44. The smallest absolute Gasteiger partial charge is 0.280 e. The van der Waals surface area contributed by atoms with E-state index in [1.807, 2.05) is 42.5 Å². The van der Waals surface area contributed by atoms with Crippen molar-refractivity contribution in [2.24, 2.45) is 0 Å². The number of aromatic nitrogens is 7. The average Bonchev–Trinajstić information content (AvgIpc) is 3.57. The first-order valence-electron chi connectivity index (χ1n) is 10.0. The van der Waals surface area contributed by atoms with Crippen molar-refractivity contribution in [2.75, 3.05) is 5.32 Å². The van der Waals surface area contributed by atoms with Crippen LogP contribution in [0.4, 0.5) is 11.5 Å². The van der Waals surface area contributed by atoms with Gasteiger partial charge in [0.1, 0.15) is 23.0 Å². The van der Waals surface area contributed by atoms with Gasteiger partial charge < -0.3 is 10.3 Å². The molecule has 0 aliphatic carbocycles. The number of carbonyl (C=O) groups excluding carboxylic acids is 1. The molecule has 2 aromatic carbocycles. The summed E-state index contributed by atoms with van der Waals surface area (Å²) in [6, 6.07) is 15.3. The Hall–Kier alpha value is -4.50. The average molecular weight is 455 g/mol. The highest BCUT2D eigenvalue weighted by atomic mass is 35.5. The second-order valence-corrected chi connectivity index (χ2v) is 7.83. The normalized spacial score (nSPS) is 11.3. The summed E-state index contributed by atoms with van der Waals surface area (Å²) in [5.74, 6) is 0.943. The van der Waals surface area contributed by atoms with Gasteiger partial charge in [-0.05, 0) is 36.4 Å². The van der Waals surface area contributed by atoms with Gasteiger partial charge in [-0.1, -0.05) is 23.7 Å². The molecule has 10 heteroatoms. The first kappa shape index (κ1) is 19.2. The molecule has 4 aromatic heterocycles. The molecule has 0 aliphatic rings. The summed E-state index contributed by atoms with van der Waals surface area (Å²) in [7, 11) is 0. The zero-order valence-corrected chi connectivity index (χ0v) is 17.7. The lowest BCUT2D eigenvalue weighted by atomic mass is 10.1. The summed E-state index contributed by atoms with van der Waals surface area (Å²) in [6.45, 7) is 0. The van der Waals surface area contributed by atoms with Crippen molar-refractivity contribution in [3.63, 3.8) is 0 Å². The minimum Gasteiger partial charge on any atom is -0.350 e. The molecule has 0 saturated heterocycles. The molecule has 0 aliphatic heterocycles. The van der Waals surface area contributed by atoms with Crippen LogP contribution in [0.5, 0.6) is 0 Å². The highest BCUT2D eigenvalue weighted by molar-refractivity contribution is 6.30. The van der Waals surface area contributed by atoms with Crippen molar-refractivity contribution in [1.29, 1.82) is 0 Å². The topological polar surface area (TPSA) is 117 Å². The highest BCUT2D eigenvalue weighted by Crippen LogP contribution is 2.25. The standard InChI is InChI=1S/C23H15ClN8O/c24-20-11-25-12-32(20)23(33)19-8-13-1-2-14(9-18(13)29-19)22-26-6-5-21(30-22)28-16-3-4-17-15(7-16)10-27-31-17/h1-12,29H,(H,27,31)(H,26,28,30). The van der Waals surface area contributed by atoms with Gasteiger partial charge >= 0.3 is 0 Å². The third-order valence-electron chi connectivity index (χ3n) is 5.29. The van der Waals surface area contributed by atoms with Crippen molar-refractivity contribution < 1.29 is 4.79 Å². The maximum absolute atomic E-state index is 12.7. The third kappa shape index (κ3) is 3.50. The van der Waals surface area contributed by atoms with Crippen LogP contribution in [0.3, 0.4) is 0 Å². The molecule has 0 saturated carbocycles. The molecule has 4 heterocycles. The number of anilines is 2. The van der Waals surface area contributed by atoms with E-state index in [1.54, 1.807) is 18.5 Å². The lowest BCUT2D eigenvalue weighted by Gasteiger charge is -2.07. The molecule has 9 nitrogen and oxygen atoms in total. The lowest BCUT2D eigenvalue weighted by molar-refractivity contribution is 0.0956. The van der Waals surface area contributed by atoms with Gasteiger partial charge in [-0.2, -0.15) is 5.10 Å². The van der Waals surface area contributed by atoms with E-state index >= 15 is 0 Å². The number of benzene rings is 2. The number of H-pyrrole nitrogens is 2. The zero-order valence-electron chi connectivity index (χ0n) is 17.0. The molecule has 33 heavy (non-hydrogen) atoms. The molecule has 0 amide bonds. The Kier molecular flexibility index (Phi) is 4.41. The maximum Gasteiger partial charge on any atom is 0.280 e. The van der Waals surface area contributed by atoms with Crippen LogP contribution in [-0.4, -0.2) is 40.6 Å². The van der Waals surface area contributed by atoms with Crippen LogP contribution in [0.2, 0.25) is 5.15 Å². The molecule has 0 spiro atoms. The summed E-state index contributed by atoms with van der Waals surface area (Å²) in [4.78, 5) is 28.8. The summed E-state index contributed by atoms with van der Waals surface area (Å²) in [5.41, 5.74) is 3.89. The predicted octanol–water partition coefficient (Wildman–Crippen LogP) is 4.78. The first-order valence-corrected chi connectivity index (χ1v) is 10.4. The fraction of sp³-hybridized carbons (Fsp3) is 0. The zero-order chi connectivity index (χ0) is 22.4. The van der Waals surface area contributed by atoms with E-state index in [0.717, 1.165) is 33.1 Å². The largest absolute Gasteiger partial charge is 0.350 e. The van der Waals surface area contributed by atoms with Crippen molar-refractivity contribution >= 4 is 50.8 Å². The van der Waals surface area contributed by atoms with Crippen LogP contribution < -0.4 is 5.32 Å². The van der Waals surface area contributed by atoms with E-state index in [1.165, 1.54) is 17.1 Å². The fourth-order valence-corrected chi connectivity index (χ4v) is 3.85. The summed E-state index contributed by atoms with van der Waals surface area (Å²) < 4.78 is 1.28. The van der Waals surface area contributed by atoms with Gasteiger partial charge in [0.25, 0.3) is 5.91 Å². The van der Waals surface area contributed by atoms with Gasteiger partial charge in [0.2, 0.25) is 0 Å². The third-order valence-corrected chi connectivity index (χ3v) is 5.57.